The number of aliphatic hydroxyl groups excluding tert-OH is 3. The number of fused-ring (bicyclic) bond motifs is 1. The van der Waals surface area contributed by atoms with Crippen molar-refractivity contribution in [3.8, 4) is 0 Å². The first-order valence-corrected chi connectivity index (χ1v) is 14.5. The van der Waals surface area contributed by atoms with Crippen molar-refractivity contribution in [2.45, 2.75) is 114 Å². The van der Waals surface area contributed by atoms with Gasteiger partial charge in [0.2, 0.25) is 0 Å². The highest BCUT2D eigenvalue weighted by molar-refractivity contribution is 5.85. The highest BCUT2D eigenvalue weighted by atomic mass is 16.7. The predicted octanol–water partition coefficient (Wildman–Crippen LogP) is 2.47. The number of hydrogen-bond acceptors (Lipinski definition) is 8. The van der Waals surface area contributed by atoms with Gasteiger partial charge in [-0.05, 0) is 99.4 Å². The Hall–Kier alpha value is -1.03. The summed E-state index contributed by atoms with van der Waals surface area (Å²) in [5.74, 6) is 1.84. The third kappa shape index (κ3) is 3.39. The van der Waals surface area contributed by atoms with Crippen LogP contribution in [-0.4, -0.2) is 76.9 Å². The summed E-state index contributed by atoms with van der Waals surface area (Å²) >= 11 is 0. The first-order valence-electron chi connectivity index (χ1n) is 14.5. The Morgan fingerprint density at radius 1 is 0.973 bits per heavy atom. The summed E-state index contributed by atoms with van der Waals surface area (Å²) in [6.07, 6.45) is 6.32. The molecule has 4 saturated carbocycles. The van der Waals surface area contributed by atoms with E-state index in [4.69, 9.17) is 18.9 Å². The summed E-state index contributed by atoms with van der Waals surface area (Å²) < 4.78 is 24.3. The van der Waals surface area contributed by atoms with Gasteiger partial charge in [-0.1, -0.05) is 6.92 Å². The van der Waals surface area contributed by atoms with Gasteiger partial charge < -0.3 is 34.3 Å². The van der Waals surface area contributed by atoms with Crippen LogP contribution < -0.4 is 0 Å². The van der Waals surface area contributed by atoms with Crippen molar-refractivity contribution in [1.29, 1.82) is 0 Å². The number of cyclic esters (lactones) is 1. The number of esters is 1. The number of rotatable bonds is 3. The van der Waals surface area contributed by atoms with Crippen molar-refractivity contribution in [3.05, 3.63) is 11.6 Å². The fourth-order valence-corrected chi connectivity index (χ4v) is 10.5. The Kier molecular flexibility index (Phi) is 5.73. The van der Waals surface area contributed by atoms with Gasteiger partial charge in [-0.3, -0.25) is 0 Å². The maximum absolute atomic E-state index is 11.8. The Morgan fingerprint density at radius 3 is 2.59 bits per heavy atom. The molecule has 0 aromatic rings. The molecule has 0 aromatic carbocycles. The van der Waals surface area contributed by atoms with Gasteiger partial charge in [0.25, 0.3) is 0 Å². The number of ether oxygens (including phenoxy) is 4. The van der Waals surface area contributed by atoms with E-state index >= 15 is 0 Å². The van der Waals surface area contributed by atoms with E-state index in [1.54, 1.807) is 13.0 Å². The van der Waals surface area contributed by atoms with Gasteiger partial charge in [0, 0.05) is 11.5 Å². The molecule has 6 fully saturated rings. The van der Waals surface area contributed by atoms with Crippen LogP contribution in [0.5, 0.6) is 0 Å². The molecule has 2 saturated heterocycles. The zero-order valence-corrected chi connectivity index (χ0v) is 22.0. The summed E-state index contributed by atoms with van der Waals surface area (Å²) in [4.78, 5) is 11.8. The number of hydrogen-bond donors (Lipinski definition) is 3. The minimum Gasteiger partial charge on any atom is -0.458 e. The van der Waals surface area contributed by atoms with Crippen molar-refractivity contribution < 1.29 is 39.1 Å². The molecule has 206 valence electrons. The molecule has 3 heterocycles. The number of aliphatic hydroxyl groups is 3. The van der Waals surface area contributed by atoms with Crippen molar-refractivity contribution >= 4 is 5.97 Å². The third-order valence-corrected chi connectivity index (χ3v) is 12.2. The second-order valence-corrected chi connectivity index (χ2v) is 13.5. The molecule has 4 aliphatic carbocycles. The van der Waals surface area contributed by atoms with Crippen LogP contribution in [0.4, 0.5) is 0 Å². The standard InChI is InChI=1S/C29H42O8/c1-15-23(31)24(32)25(33)26(36-15)37-18-6-9-28-14-35-29(10-5-17(28)12-18)20-4-3-19(16-11-22(30)34-13-16)27(20,2)8-7-21(28)29/h11,15,17-21,23-26,31-33H,3-10,12-14H2,1-2H3/t15-,17-,18-,19+,20+,21-,23-,24-,25-,26+,27-,28-,29-/m1/s1. The van der Waals surface area contributed by atoms with Gasteiger partial charge in [-0.25, -0.2) is 4.79 Å². The summed E-state index contributed by atoms with van der Waals surface area (Å²) in [6, 6.07) is 0. The Morgan fingerprint density at radius 2 is 1.81 bits per heavy atom. The summed E-state index contributed by atoms with van der Waals surface area (Å²) in [6.45, 7) is 5.45. The van der Waals surface area contributed by atoms with Crippen LogP contribution >= 0.6 is 0 Å². The number of carbonyl (C=O) groups excluding carboxylic acids is 1. The molecule has 2 bridgehead atoms. The minimum absolute atomic E-state index is 0.0328. The lowest BCUT2D eigenvalue weighted by Gasteiger charge is -2.61. The molecule has 7 rings (SSSR count). The van der Waals surface area contributed by atoms with Crippen LogP contribution in [0.25, 0.3) is 0 Å². The van der Waals surface area contributed by atoms with Crippen LogP contribution in [0.1, 0.15) is 71.6 Å². The summed E-state index contributed by atoms with van der Waals surface area (Å²) in [5, 5.41) is 30.7. The smallest absolute Gasteiger partial charge is 0.331 e. The van der Waals surface area contributed by atoms with Gasteiger partial charge in [-0.15, -0.1) is 0 Å². The van der Waals surface area contributed by atoms with Crippen molar-refractivity contribution in [3.63, 3.8) is 0 Å². The molecule has 0 unspecified atom stereocenters. The molecular weight excluding hydrogens is 476 g/mol. The van der Waals surface area contributed by atoms with Gasteiger partial charge in [0.1, 0.15) is 24.9 Å². The highest BCUT2D eigenvalue weighted by Crippen LogP contribution is 2.73. The Labute approximate surface area is 218 Å². The van der Waals surface area contributed by atoms with Gasteiger partial charge in [0.05, 0.1) is 24.4 Å². The highest BCUT2D eigenvalue weighted by Gasteiger charge is 2.72. The second kappa shape index (κ2) is 8.48. The van der Waals surface area contributed by atoms with Crippen LogP contribution in [0, 0.1) is 34.5 Å². The Balaban J connectivity index is 1.08. The topological polar surface area (TPSA) is 115 Å². The van der Waals surface area contributed by atoms with Crippen molar-refractivity contribution in [1.82, 2.24) is 0 Å². The van der Waals surface area contributed by atoms with E-state index in [1.807, 2.05) is 0 Å². The third-order valence-electron chi connectivity index (χ3n) is 12.2. The van der Waals surface area contributed by atoms with E-state index in [-0.39, 0.29) is 28.5 Å². The molecule has 0 aromatic heterocycles. The normalized spacial score (nSPS) is 56.8. The predicted molar refractivity (Wildman–Crippen MR) is 131 cm³/mol. The van der Waals surface area contributed by atoms with E-state index < -0.39 is 30.7 Å². The van der Waals surface area contributed by atoms with Crippen molar-refractivity contribution in [2.75, 3.05) is 13.2 Å². The van der Waals surface area contributed by atoms with E-state index in [0.717, 1.165) is 45.1 Å². The molecule has 0 radical (unpaired) electrons. The lowest BCUT2D eigenvalue weighted by molar-refractivity contribution is -0.309. The molecule has 8 nitrogen and oxygen atoms in total. The first kappa shape index (κ1) is 25.0. The molecule has 3 N–H and O–H groups in total. The van der Waals surface area contributed by atoms with E-state index in [1.165, 1.54) is 24.8 Å². The molecular formula is C29H42O8. The maximum Gasteiger partial charge on any atom is 0.331 e. The number of carbonyl (C=O) groups is 1. The Bertz CT molecular complexity index is 983. The molecule has 3 aliphatic heterocycles. The molecule has 37 heavy (non-hydrogen) atoms. The van der Waals surface area contributed by atoms with E-state index in [9.17, 15) is 20.1 Å². The van der Waals surface area contributed by atoms with Crippen LogP contribution in [0.3, 0.4) is 0 Å². The van der Waals surface area contributed by atoms with E-state index in [0.29, 0.717) is 30.3 Å². The fourth-order valence-electron chi connectivity index (χ4n) is 10.5. The van der Waals surface area contributed by atoms with Gasteiger partial charge in [-0.2, -0.15) is 0 Å². The molecule has 7 aliphatic rings. The lowest BCUT2D eigenvalue weighted by atomic mass is 9.44. The van der Waals surface area contributed by atoms with Crippen LogP contribution in [0.2, 0.25) is 0 Å². The monoisotopic (exact) mass is 518 g/mol. The fraction of sp³-hybridized carbons (Fsp3) is 0.897. The quantitative estimate of drug-likeness (QED) is 0.386. The summed E-state index contributed by atoms with van der Waals surface area (Å²) in [5.41, 5.74) is 1.50. The average Bonchev–Trinajstić information content (AvgIpc) is 3.52. The van der Waals surface area contributed by atoms with Crippen molar-refractivity contribution in [2.24, 2.45) is 34.5 Å². The molecule has 13 atom stereocenters. The van der Waals surface area contributed by atoms with Crippen LogP contribution in [0.15, 0.2) is 11.6 Å². The van der Waals surface area contributed by atoms with Gasteiger partial charge in [0.15, 0.2) is 6.29 Å². The average molecular weight is 519 g/mol. The van der Waals surface area contributed by atoms with Gasteiger partial charge >= 0.3 is 5.97 Å². The minimum atomic E-state index is -1.27. The maximum atomic E-state index is 11.8. The summed E-state index contributed by atoms with van der Waals surface area (Å²) in [7, 11) is 0. The van der Waals surface area contributed by atoms with Crippen LogP contribution in [-0.2, 0) is 23.7 Å². The molecule has 1 spiro atoms. The zero-order chi connectivity index (χ0) is 25.7. The molecule has 8 heteroatoms. The SMILES string of the molecule is C[C@H]1O[C@@H](O[C@@H]2CC[C@@]34CO[C@@]5(CC[C@@H]3C2)[C@@H]4CC[C@]2(C)[C@H](C3=CC(=O)OC3)CC[C@@H]25)[C@H](O)[C@H](O)[C@@H]1O. The zero-order valence-electron chi connectivity index (χ0n) is 22.0. The lowest BCUT2D eigenvalue weighted by Crippen LogP contribution is -2.61. The van der Waals surface area contributed by atoms with E-state index in [2.05, 4.69) is 6.92 Å². The second-order valence-electron chi connectivity index (χ2n) is 13.5. The first-order chi connectivity index (χ1) is 17.7. The molecule has 0 amide bonds. The largest absolute Gasteiger partial charge is 0.458 e.